The Hall–Kier alpha value is -1.28. The number of anilines is 1. The third-order valence-corrected chi connectivity index (χ3v) is 5.68. The molecule has 0 aliphatic carbocycles. The molecule has 21 heavy (non-hydrogen) atoms. The van der Waals surface area contributed by atoms with Crippen LogP contribution >= 0.6 is 34.5 Å². The Morgan fingerprint density at radius 2 is 1.81 bits per heavy atom. The Balaban J connectivity index is 2.25. The molecule has 0 radical (unpaired) electrons. The van der Waals surface area contributed by atoms with Gasteiger partial charge in [0.05, 0.1) is 4.34 Å². The van der Waals surface area contributed by atoms with Crippen molar-refractivity contribution < 1.29 is 13.2 Å². The fourth-order valence-electron chi connectivity index (χ4n) is 1.55. The van der Waals surface area contributed by atoms with Crippen LogP contribution in [0.15, 0.2) is 35.2 Å². The number of rotatable bonds is 4. The first kappa shape index (κ1) is 16.1. The molecule has 0 spiro atoms. The lowest BCUT2D eigenvalue weighted by atomic mass is 10.2. The molecule has 1 heterocycles. The molecule has 1 aromatic heterocycles. The van der Waals surface area contributed by atoms with Gasteiger partial charge in [0, 0.05) is 18.3 Å². The Bertz CT molecular complexity index is 770. The largest absolute Gasteiger partial charge is 0.355 e. The quantitative estimate of drug-likeness (QED) is 0.874. The summed E-state index contributed by atoms with van der Waals surface area (Å²) in [6.07, 6.45) is 0. The Morgan fingerprint density at radius 1 is 1.19 bits per heavy atom. The molecule has 1 amide bonds. The van der Waals surface area contributed by atoms with Crippen molar-refractivity contribution in [1.29, 1.82) is 0 Å². The molecule has 0 unspecified atom stereocenters. The number of thiophene rings is 1. The second-order valence-corrected chi connectivity index (χ2v) is 7.89. The van der Waals surface area contributed by atoms with Crippen LogP contribution in [0.25, 0.3) is 0 Å². The van der Waals surface area contributed by atoms with Crippen LogP contribution in [0, 0.1) is 0 Å². The summed E-state index contributed by atoms with van der Waals surface area (Å²) in [6, 6.07) is 7.29. The number of carbonyl (C=O) groups excluding carboxylic acids is 1. The van der Waals surface area contributed by atoms with Crippen molar-refractivity contribution in [1.82, 2.24) is 5.32 Å². The number of sulfonamides is 1. The number of amides is 1. The summed E-state index contributed by atoms with van der Waals surface area (Å²) in [5.41, 5.74) is 0.748. The molecule has 9 heteroatoms. The summed E-state index contributed by atoms with van der Waals surface area (Å²) < 4.78 is 27.1. The van der Waals surface area contributed by atoms with E-state index in [1.165, 1.54) is 37.4 Å². The summed E-state index contributed by atoms with van der Waals surface area (Å²) in [5, 5.41) is 2.48. The lowest BCUT2D eigenvalue weighted by Crippen LogP contribution is -2.18. The average molecular weight is 365 g/mol. The minimum atomic E-state index is -3.82. The summed E-state index contributed by atoms with van der Waals surface area (Å²) in [6.45, 7) is 0. The van der Waals surface area contributed by atoms with Gasteiger partial charge in [-0.05, 0) is 30.3 Å². The highest BCUT2D eigenvalue weighted by atomic mass is 35.5. The molecule has 2 aromatic rings. The van der Waals surface area contributed by atoms with Crippen molar-refractivity contribution in [3.05, 3.63) is 44.6 Å². The van der Waals surface area contributed by atoms with E-state index in [1.807, 2.05) is 0 Å². The second kappa shape index (κ2) is 6.23. The maximum atomic E-state index is 12.2. The first-order chi connectivity index (χ1) is 9.83. The zero-order valence-corrected chi connectivity index (χ0v) is 13.8. The van der Waals surface area contributed by atoms with Crippen molar-refractivity contribution in [2.45, 2.75) is 4.90 Å². The number of halogens is 2. The van der Waals surface area contributed by atoms with Gasteiger partial charge in [0.25, 0.3) is 15.9 Å². The van der Waals surface area contributed by atoms with E-state index in [0.29, 0.717) is 11.3 Å². The standard InChI is InChI=1S/C12H10Cl2N2O3S2/c1-15-12(17)7-2-4-8(5-3-7)16-21(18,19)9-6-10(13)20-11(9)14/h2-6,16H,1H3,(H,15,17). The van der Waals surface area contributed by atoms with Gasteiger partial charge < -0.3 is 5.32 Å². The number of nitrogens with one attached hydrogen (secondary N) is 2. The predicted octanol–water partition coefficient (Wildman–Crippen LogP) is 3.22. The van der Waals surface area contributed by atoms with Gasteiger partial charge in [-0.15, -0.1) is 11.3 Å². The van der Waals surface area contributed by atoms with Crippen LogP contribution in [0.4, 0.5) is 5.69 Å². The van der Waals surface area contributed by atoms with Gasteiger partial charge >= 0.3 is 0 Å². The Labute approximate surface area is 135 Å². The van der Waals surface area contributed by atoms with Gasteiger partial charge in [-0.25, -0.2) is 8.42 Å². The molecule has 112 valence electrons. The van der Waals surface area contributed by atoms with Crippen LogP contribution in [0.1, 0.15) is 10.4 Å². The third kappa shape index (κ3) is 3.68. The molecule has 0 saturated heterocycles. The molecule has 0 atom stereocenters. The van der Waals surface area contributed by atoms with Crippen LogP contribution in [0.5, 0.6) is 0 Å². The van der Waals surface area contributed by atoms with Gasteiger partial charge in [0.2, 0.25) is 0 Å². The molecule has 0 aliphatic heterocycles. The number of benzene rings is 1. The van der Waals surface area contributed by atoms with E-state index >= 15 is 0 Å². The maximum Gasteiger partial charge on any atom is 0.264 e. The first-order valence-electron chi connectivity index (χ1n) is 5.63. The molecule has 1 aromatic carbocycles. The normalized spacial score (nSPS) is 11.2. The van der Waals surface area contributed by atoms with E-state index in [1.54, 1.807) is 0 Å². The fourth-order valence-corrected chi connectivity index (χ4v) is 4.76. The van der Waals surface area contributed by atoms with Crippen LogP contribution in [0.2, 0.25) is 8.67 Å². The van der Waals surface area contributed by atoms with Crippen molar-refractivity contribution in [2.24, 2.45) is 0 Å². The summed E-state index contributed by atoms with van der Waals surface area (Å²) >= 11 is 12.6. The van der Waals surface area contributed by atoms with E-state index in [0.717, 1.165) is 11.3 Å². The molecule has 0 fully saturated rings. The minimum absolute atomic E-state index is 0.0745. The minimum Gasteiger partial charge on any atom is -0.355 e. The van der Waals surface area contributed by atoms with Crippen molar-refractivity contribution in [2.75, 3.05) is 11.8 Å². The van der Waals surface area contributed by atoms with Gasteiger partial charge in [-0.3, -0.25) is 9.52 Å². The van der Waals surface area contributed by atoms with Gasteiger partial charge in [-0.2, -0.15) is 0 Å². The molecule has 5 nitrogen and oxygen atoms in total. The molecule has 0 bridgehead atoms. The number of carbonyl (C=O) groups is 1. The van der Waals surface area contributed by atoms with E-state index < -0.39 is 10.0 Å². The molecular weight excluding hydrogens is 355 g/mol. The van der Waals surface area contributed by atoms with Gasteiger partial charge in [0.1, 0.15) is 9.23 Å². The SMILES string of the molecule is CNC(=O)c1ccc(NS(=O)(=O)c2cc(Cl)sc2Cl)cc1. The molecule has 0 saturated carbocycles. The van der Waals surface area contributed by atoms with Crippen molar-refractivity contribution in [3.63, 3.8) is 0 Å². The van der Waals surface area contributed by atoms with Crippen LogP contribution < -0.4 is 10.0 Å². The maximum absolute atomic E-state index is 12.2. The van der Waals surface area contributed by atoms with Crippen LogP contribution in [0.3, 0.4) is 0 Å². The van der Waals surface area contributed by atoms with Gasteiger partial charge in [-0.1, -0.05) is 23.2 Å². The molecule has 0 aliphatic rings. The molecule has 2 rings (SSSR count). The predicted molar refractivity (Wildman–Crippen MR) is 85.0 cm³/mol. The Morgan fingerprint density at radius 3 is 2.29 bits per heavy atom. The molecule has 2 N–H and O–H groups in total. The van der Waals surface area contributed by atoms with Gasteiger partial charge in [0.15, 0.2) is 0 Å². The smallest absolute Gasteiger partial charge is 0.264 e. The van der Waals surface area contributed by atoms with E-state index in [2.05, 4.69) is 10.0 Å². The highest BCUT2D eigenvalue weighted by Crippen LogP contribution is 2.35. The third-order valence-electron chi connectivity index (χ3n) is 2.54. The summed E-state index contributed by atoms with van der Waals surface area (Å²) in [5.74, 6) is -0.253. The lowest BCUT2D eigenvalue weighted by molar-refractivity contribution is 0.0963. The number of hydrogen-bond donors (Lipinski definition) is 2. The first-order valence-corrected chi connectivity index (χ1v) is 8.69. The summed E-state index contributed by atoms with van der Waals surface area (Å²) in [4.78, 5) is 11.3. The lowest BCUT2D eigenvalue weighted by Gasteiger charge is -2.07. The van der Waals surface area contributed by atoms with Crippen LogP contribution in [-0.2, 0) is 10.0 Å². The monoisotopic (exact) mass is 364 g/mol. The molecular formula is C12H10Cl2N2O3S2. The second-order valence-electron chi connectivity index (χ2n) is 3.95. The van der Waals surface area contributed by atoms with Crippen molar-refractivity contribution in [3.8, 4) is 0 Å². The zero-order valence-electron chi connectivity index (χ0n) is 10.7. The topological polar surface area (TPSA) is 75.3 Å². The highest BCUT2D eigenvalue weighted by Gasteiger charge is 2.21. The van der Waals surface area contributed by atoms with Crippen molar-refractivity contribution >= 4 is 56.2 Å². The van der Waals surface area contributed by atoms with E-state index in [-0.39, 0.29) is 19.5 Å². The van der Waals surface area contributed by atoms with E-state index in [9.17, 15) is 13.2 Å². The number of hydrogen-bond acceptors (Lipinski definition) is 4. The zero-order chi connectivity index (χ0) is 15.6. The summed E-state index contributed by atoms with van der Waals surface area (Å²) in [7, 11) is -2.30. The van der Waals surface area contributed by atoms with E-state index in [4.69, 9.17) is 23.2 Å². The fraction of sp³-hybridized carbons (Fsp3) is 0.0833. The van der Waals surface area contributed by atoms with Crippen LogP contribution in [-0.4, -0.2) is 21.4 Å². The highest BCUT2D eigenvalue weighted by molar-refractivity contribution is 7.93. The average Bonchev–Trinajstić information content (AvgIpc) is 2.78. The Kier molecular flexibility index (Phi) is 4.77.